The molecule has 1 amide bonds. The normalized spacial score (nSPS) is 11.5. The molecule has 7 heteroatoms. The Labute approximate surface area is 183 Å². The van der Waals surface area contributed by atoms with Crippen molar-refractivity contribution >= 4 is 15.9 Å². The van der Waals surface area contributed by atoms with Crippen LogP contribution in [0.25, 0.3) is 16.8 Å². The number of sulfone groups is 1. The van der Waals surface area contributed by atoms with Crippen LogP contribution in [0.3, 0.4) is 0 Å². The van der Waals surface area contributed by atoms with Crippen LogP contribution in [0.4, 0.5) is 4.79 Å². The number of amides is 1. The summed E-state index contributed by atoms with van der Waals surface area (Å²) in [5, 5.41) is 9.50. The zero-order valence-corrected chi connectivity index (χ0v) is 18.9. The maximum absolute atomic E-state index is 12.1. The molecule has 0 saturated heterocycles. The summed E-state index contributed by atoms with van der Waals surface area (Å²) in [5.74, 6) is 0. The summed E-state index contributed by atoms with van der Waals surface area (Å²) in [6, 6.07) is 16.8. The van der Waals surface area contributed by atoms with Crippen LogP contribution in [0.1, 0.15) is 24.6 Å². The molecule has 3 rings (SSSR count). The molecule has 0 aliphatic rings. The van der Waals surface area contributed by atoms with Gasteiger partial charge < -0.3 is 14.6 Å². The van der Waals surface area contributed by atoms with Crippen molar-refractivity contribution in [1.82, 2.24) is 9.47 Å². The third-order valence-electron chi connectivity index (χ3n) is 5.38. The molecule has 0 aliphatic carbocycles. The molecule has 1 heterocycles. The zero-order chi connectivity index (χ0) is 22.6. The van der Waals surface area contributed by atoms with Gasteiger partial charge in [-0.25, -0.2) is 13.2 Å². The Morgan fingerprint density at radius 1 is 1.06 bits per heavy atom. The smallest absolute Gasteiger partial charge is 0.407 e. The lowest BCUT2D eigenvalue weighted by Crippen LogP contribution is -2.32. The summed E-state index contributed by atoms with van der Waals surface area (Å²) >= 11 is 0. The molecule has 3 aromatic rings. The highest BCUT2D eigenvalue weighted by atomic mass is 32.2. The van der Waals surface area contributed by atoms with Gasteiger partial charge in [0.05, 0.1) is 4.90 Å². The molecule has 0 spiro atoms. The van der Waals surface area contributed by atoms with Crippen LogP contribution in [-0.4, -0.2) is 48.4 Å². The molecule has 0 unspecified atom stereocenters. The molecular formula is C24H28N2O4S. The van der Waals surface area contributed by atoms with Crippen molar-refractivity contribution in [2.24, 2.45) is 0 Å². The lowest BCUT2D eigenvalue weighted by Gasteiger charge is -2.19. The van der Waals surface area contributed by atoms with Crippen LogP contribution < -0.4 is 0 Å². The average molecular weight is 441 g/mol. The molecular weight excluding hydrogens is 412 g/mol. The van der Waals surface area contributed by atoms with Crippen LogP contribution >= 0.6 is 0 Å². The number of hydrogen-bond donors (Lipinski definition) is 1. The standard InChI is InChI=1S/C24H28N2O4S/c1-4-14-25(24(27)28)15-13-22-18(2)26(20-10-6-5-7-11-20)17-23(22)19-9-8-12-21(16-19)31(3,29)30/h5-12,16-17H,4,13-15H2,1-3H3,(H,27,28). The zero-order valence-electron chi connectivity index (χ0n) is 18.1. The number of benzene rings is 2. The summed E-state index contributed by atoms with van der Waals surface area (Å²) in [6.07, 6.45) is 3.56. The maximum Gasteiger partial charge on any atom is 0.407 e. The fraction of sp³-hybridized carbons (Fsp3) is 0.292. The van der Waals surface area contributed by atoms with Crippen molar-refractivity contribution in [2.75, 3.05) is 19.3 Å². The SMILES string of the molecule is CCCN(CCc1c(-c2cccc(S(C)(=O)=O)c2)cn(-c2ccccc2)c1C)C(=O)O. The van der Waals surface area contributed by atoms with Crippen molar-refractivity contribution in [2.45, 2.75) is 31.6 Å². The third kappa shape index (κ3) is 5.17. The first-order chi connectivity index (χ1) is 14.7. The summed E-state index contributed by atoms with van der Waals surface area (Å²) in [7, 11) is -3.34. The average Bonchev–Trinajstić information content (AvgIpc) is 3.07. The number of carboxylic acid groups (broad SMARTS) is 1. The van der Waals surface area contributed by atoms with Crippen LogP contribution in [0.5, 0.6) is 0 Å². The van der Waals surface area contributed by atoms with Crippen molar-refractivity contribution in [1.29, 1.82) is 0 Å². The summed E-state index contributed by atoms with van der Waals surface area (Å²) in [5.41, 5.74) is 4.72. The first-order valence-electron chi connectivity index (χ1n) is 10.3. The van der Waals surface area contributed by atoms with E-state index in [2.05, 4.69) is 4.57 Å². The molecule has 0 radical (unpaired) electrons. The van der Waals surface area contributed by atoms with Crippen molar-refractivity contribution in [3.05, 3.63) is 72.1 Å². The first kappa shape index (κ1) is 22.6. The first-order valence-corrected chi connectivity index (χ1v) is 12.2. The molecule has 6 nitrogen and oxygen atoms in total. The third-order valence-corrected chi connectivity index (χ3v) is 6.49. The van der Waals surface area contributed by atoms with Crippen molar-refractivity contribution in [3.8, 4) is 16.8 Å². The van der Waals surface area contributed by atoms with E-state index in [0.717, 1.165) is 34.5 Å². The number of nitrogens with zero attached hydrogens (tertiary/aromatic N) is 2. The summed E-state index contributed by atoms with van der Waals surface area (Å²) in [6.45, 7) is 4.82. The molecule has 1 N–H and O–H groups in total. The molecule has 1 aromatic heterocycles. The second kappa shape index (κ2) is 9.39. The summed E-state index contributed by atoms with van der Waals surface area (Å²) < 4.78 is 26.2. The second-order valence-corrected chi connectivity index (χ2v) is 9.65. The Bertz CT molecular complexity index is 1170. The Morgan fingerprint density at radius 2 is 1.77 bits per heavy atom. The van der Waals surface area contributed by atoms with Gasteiger partial charge in [-0.3, -0.25) is 0 Å². The largest absolute Gasteiger partial charge is 0.465 e. The maximum atomic E-state index is 12.1. The van der Waals surface area contributed by atoms with Gasteiger partial charge in [0.15, 0.2) is 9.84 Å². The topological polar surface area (TPSA) is 79.6 Å². The highest BCUT2D eigenvalue weighted by Crippen LogP contribution is 2.32. The van der Waals surface area contributed by atoms with E-state index in [1.807, 2.05) is 56.4 Å². The van der Waals surface area contributed by atoms with Crippen LogP contribution in [0, 0.1) is 6.92 Å². The molecule has 31 heavy (non-hydrogen) atoms. The van der Waals surface area contributed by atoms with E-state index in [1.54, 1.807) is 18.2 Å². The van der Waals surface area contributed by atoms with Gasteiger partial charge in [-0.1, -0.05) is 37.3 Å². The second-order valence-electron chi connectivity index (χ2n) is 7.63. The minimum atomic E-state index is -3.34. The van der Waals surface area contributed by atoms with Gasteiger partial charge in [0.25, 0.3) is 0 Å². The Hall–Kier alpha value is -3.06. The van der Waals surface area contributed by atoms with Gasteiger partial charge in [-0.05, 0) is 55.2 Å². The van der Waals surface area contributed by atoms with E-state index in [4.69, 9.17) is 0 Å². The van der Waals surface area contributed by atoms with E-state index in [-0.39, 0.29) is 4.90 Å². The van der Waals surface area contributed by atoms with Crippen molar-refractivity contribution < 1.29 is 18.3 Å². The predicted octanol–water partition coefficient (Wildman–Crippen LogP) is 4.79. The molecule has 0 bridgehead atoms. The van der Waals surface area contributed by atoms with Gasteiger partial charge in [0.2, 0.25) is 0 Å². The number of aromatic nitrogens is 1. The predicted molar refractivity (Wildman–Crippen MR) is 123 cm³/mol. The quantitative estimate of drug-likeness (QED) is 0.546. The highest BCUT2D eigenvalue weighted by Gasteiger charge is 2.19. The van der Waals surface area contributed by atoms with E-state index >= 15 is 0 Å². The van der Waals surface area contributed by atoms with Gasteiger partial charge >= 0.3 is 6.09 Å². The molecule has 0 aliphatic heterocycles. The molecule has 0 atom stereocenters. The lowest BCUT2D eigenvalue weighted by molar-refractivity contribution is 0.145. The highest BCUT2D eigenvalue weighted by molar-refractivity contribution is 7.90. The van der Waals surface area contributed by atoms with E-state index < -0.39 is 15.9 Å². The minimum absolute atomic E-state index is 0.263. The molecule has 0 fully saturated rings. The number of para-hydroxylation sites is 1. The van der Waals surface area contributed by atoms with Gasteiger partial charge in [0, 0.05) is 42.5 Å². The minimum Gasteiger partial charge on any atom is -0.465 e. The van der Waals surface area contributed by atoms with Crippen LogP contribution in [-0.2, 0) is 16.3 Å². The lowest BCUT2D eigenvalue weighted by atomic mass is 10.0. The fourth-order valence-corrected chi connectivity index (χ4v) is 4.45. The number of carbonyl (C=O) groups is 1. The monoisotopic (exact) mass is 440 g/mol. The number of rotatable bonds is 8. The van der Waals surface area contributed by atoms with Crippen molar-refractivity contribution in [3.63, 3.8) is 0 Å². The Kier molecular flexibility index (Phi) is 6.85. The van der Waals surface area contributed by atoms with Gasteiger partial charge in [0.1, 0.15) is 0 Å². The number of hydrogen-bond acceptors (Lipinski definition) is 3. The Morgan fingerprint density at radius 3 is 2.39 bits per heavy atom. The molecule has 0 saturated carbocycles. The van der Waals surface area contributed by atoms with Crippen LogP contribution in [0.15, 0.2) is 65.7 Å². The van der Waals surface area contributed by atoms with E-state index in [1.165, 1.54) is 11.2 Å². The molecule has 164 valence electrons. The molecule has 2 aromatic carbocycles. The fourth-order valence-electron chi connectivity index (χ4n) is 3.78. The Balaban J connectivity index is 2.10. The van der Waals surface area contributed by atoms with Gasteiger partial charge in [-0.15, -0.1) is 0 Å². The van der Waals surface area contributed by atoms with Crippen LogP contribution in [0.2, 0.25) is 0 Å². The van der Waals surface area contributed by atoms with E-state index in [0.29, 0.717) is 19.5 Å². The van der Waals surface area contributed by atoms with Gasteiger partial charge in [-0.2, -0.15) is 0 Å². The summed E-state index contributed by atoms with van der Waals surface area (Å²) in [4.78, 5) is 13.3. The van der Waals surface area contributed by atoms with E-state index in [9.17, 15) is 18.3 Å².